The van der Waals surface area contributed by atoms with Crippen LogP contribution in [0.25, 0.3) is 22.0 Å². The van der Waals surface area contributed by atoms with Gasteiger partial charge in [0.05, 0.1) is 12.5 Å². The van der Waals surface area contributed by atoms with Crippen LogP contribution in [0.2, 0.25) is 0 Å². The summed E-state index contributed by atoms with van der Waals surface area (Å²) in [6.07, 6.45) is 4.29. The highest BCUT2D eigenvalue weighted by Gasteiger charge is 2.43. The van der Waals surface area contributed by atoms with Crippen LogP contribution in [-0.4, -0.2) is 93.9 Å². The highest BCUT2D eigenvalue weighted by molar-refractivity contribution is 5.98. The minimum atomic E-state index is -0.979. The molecule has 11 heteroatoms. The molecule has 0 bridgehead atoms. The van der Waals surface area contributed by atoms with E-state index in [1.165, 1.54) is 4.90 Å². The number of benzene rings is 4. The molecule has 2 fully saturated rings. The van der Waals surface area contributed by atoms with Crippen molar-refractivity contribution in [3.05, 3.63) is 126 Å². The van der Waals surface area contributed by atoms with Gasteiger partial charge in [0.15, 0.2) is 6.23 Å². The maximum absolute atomic E-state index is 15.1. The molecule has 0 spiro atoms. The van der Waals surface area contributed by atoms with E-state index in [1.807, 2.05) is 57.2 Å². The Morgan fingerprint density at radius 2 is 1.63 bits per heavy atom. The number of para-hydroxylation sites is 1. The second-order valence-corrected chi connectivity index (χ2v) is 17.3. The number of hydrogen-bond donors (Lipinski definition) is 1. The topological polar surface area (TPSA) is 114 Å². The van der Waals surface area contributed by atoms with Crippen molar-refractivity contribution < 1.29 is 33.7 Å². The monoisotopic (exact) mass is 812 g/mol. The first-order valence-electron chi connectivity index (χ1n) is 21.2. The number of hydrogen-bond acceptors (Lipinski definition) is 7. The SMILES string of the molecule is COCCCn1cc(CN(C(=O)[C@H]2CN(C(=O)OC(C)(C)C)CC[C@@H]2c2cccc(-c3ccc(OCCN4C(=O)c5ccccc5C4O)cc3)c2)C2CC2)c2ccccc21. The van der Waals surface area contributed by atoms with Gasteiger partial charge >= 0.3 is 6.09 Å². The molecule has 60 heavy (non-hydrogen) atoms. The lowest BCUT2D eigenvalue weighted by atomic mass is 9.79. The van der Waals surface area contributed by atoms with Crippen LogP contribution in [0.3, 0.4) is 0 Å². The molecule has 0 radical (unpaired) electrons. The molecule has 2 aliphatic heterocycles. The number of ether oxygens (including phenoxy) is 3. The minimum Gasteiger partial charge on any atom is -0.492 e. The third-order valence-corrected chi connectivity index (χ3v) is 11.9. The number of carbonyl (C=O) groups is 3. The van der Waals surface area contributed by atoms with Crippen molar-refractivity contribution in [2.45, 2.75) is 83.3 Å². The standard InChI is InChI=1S/C49H56N4O7/c1-49(2,3)60-48(57)51-25-23-39(43(32-51)47(56)53(37-19-20-37)31-36-30-50(24-10-27-58-4)44-16-8-7-13-40(36)44)35-12-9-11-34(29-35)33-17-21-38(22-18-33)59-28-26-52-45(54)41-14-5-6-15-42(41)46(52)55/h5-9,11-18,21-22,29-30,37,39,43,45,54H,10,19-20,23-28,31-32H2,1-4H3/t39-,43+,45?/m1/s1. The van der Waals surface area contributed by atoms with E-state index < -0.39 is 17.7 Å². The molecule has 1 saturated carbocycles. The third kappa shape index (κ3) is 8.93. The van der Waals surface area contributed by atoms with Crippen molar-refractivity contribution in [3.63, 3.8) is 0 Å². The highest BCUT2D eigenvalue weighted by Crippen LogP contribution is 2.40. The molecule has 3 amide bonds. The number of amides is 3. The Morgan fingerprint density at radius 1 is 0.867 bits per heavy atom. The van der Waals surface area contributed by atoms with E-state index in [1.54, 1.807) is 30.2 Å². The zero-order valence-electron chi connectivity index (χ0n) is 35.1. The molecule has 1 unspecified atom stereocenters. The summed E-state index contributed by atoms with van der Waals surface area (Å²) in [6, 6.07) is 31.9. The van der Waals surface area contributed by atoms with Crippen molar-refractivity contribution in [1.82, 2.24) is 19.3 Å². The van der Waals surface area contributed by atoms with Crippen LogP contribution in [0.5, 0.6) is 5.75 Å². The molecule has 1 aliphatic carbocycles. The maximum atomic E-state index is 15.1. The first-order chi connectivity index (χ1) is 29.0. The number of nitrogens with zero attached hydrogens (tertiary/aromatic N) is 4. The van der Waals surface area contributed by atoms with Gasteiger partial charge in [-0.1, -0.05) is 72.8 Å². The summed E-state index contributed by atoms with van der Waals surface area (Å²) in [5.41, 5.74) is 5.85. The molecule has 314 valence electrons. The number of aromatic nitrogens is 1. The molecule has 1 N–H and O–H groups in total. The number of fused-ring (bicyclic) bond motifs is 2. The lowest BCUT2D eigenvalue weighted by molar-refractivity contribution is -0.139. The maximum Gasteiger partial charge on any atom is 0.410 e. The minimum absolute atomic E-state index is 0.0749. The number of aryl methyl sites for hydroxylation is 1. The Bertz CT molecular complexity index is 2330. The van der Waals surface area contributed by atoms with Gasteiger partial charge in [-0.3, -0.25) is 9.59 Å². The average Bonchev–Trinajstić information content (AvgIpc) is 4.00. The van der Waals surface area contributed by atoms with Crippen LogP contribution in [-0.2, 0) is 27.4 Å². The van der Waals surface area contributed by atoms with Crippen LogP contribution in [0, 0.1) is 5.92 Å². The molecular formula is C49H56N4O7. The van der Waals surface area contributed by atoms with Crippen molar-refractivity contribution in [1.29, 1.82) is 0 Å². The Balaban J connectivity index is 1.00. The number of aliphatic hydroxyl groups excluding tert-OH is 1. The molecule has 1 saturated heterocycles. The largest absolute Gasteiger partial charge is 0.492 e. The average molecular weight is 813 g/mol. The zero-order valence-corrected chi connectivity index (χ0v) is 35.1. The van der Waals surface area contributed by atoms with Crippen molar-refractivity contribution in [2.24, 2.45) is 5.92 Å². The molecule has 8 rings (SSSR count). The summed E-state index contributed by atoms with van der Waals surface area (Å²) >= 11 is 0. The molecule has 11 nitrogen and oxygen atoms in total. The van der Waals surface area contributed by atoms with E-state index in [2.05, 4.69) is 58.1 Å². The van der Waals surface area contributed by atoms with Crippen molar-refractivity contribution in [2.75, 3.05) is 40.0 Å². The highest BCUT2D eigenvalue weighted by atomic mass is 16.6. The summed E-state index contributed by atoms with van der Waals surface area (Å²) in [5, 5.41) is 11.8. The van der Waals surface area contributed by atoms with Gasteiger partial charge in [-0.05, 0) is 98.9 Å². The Labute approximate surface area is 352 Å². The predicted molar refractivity (Wildman–Crippen MR) is 230 cm³/mol. The third-order valence-electron chi connectivity index (χ3n) is 11.9. The summed E-state index contributed by atoms with van der Waals surface area (Å²) in [6.45, 7) is 8.87. The van der Waals surface area contributed by atoms with Gasteiger partial charge in [-0.25, -0.2) is 4.79 Å². The van der Waals surface area contributed by atoms with E-state index >= 15 is 4.79 Å². The van der Waals surface area contributed by atoms with Crippen LogP contribution in [0.4, 0.5) is 4.79 Å². The first kappa shape index (κ1) is 41.1. The van der Waals surface area contributed by atoms with Crippen molar-refractivity contribution >= 4 is 28.8 Å². The lowest BCUT2D eigenvalue weighted by Crippen LogP contribution is -2.51. The van der Waals surface area contributed by atoms with Gasteiger partial charge in [0.1, 0.15) is 18.0 Å². The van der Waals surface area contributed by atoms with Gasteiger partial charge in [0.2, 0.25) is 5.91 Å². The fraction of sp³-hybridized carbons (Fsp3) is 0.408. The Kier molecular flexibility index (Phi) is 12.0. The number of carbonyl (C=O) groups excluding carboxylic acids is 3. The van der Waals surface area contributed by atoms with Gasteiger partial charge in [0.25, 0.3) is 5.91 Å². The van der Waals surface area contributed by atoms with Crippen LogP contribution in [0.1, 0.15) is 85.6 Å². The van der Waals surface area contributed by atoms with Gasteiger partial charge in [-0.2, -0.15) is 0 Å². The van der Waals surface area contributed by atoms with E-state index in [9.17, 15) is 14.7 Å². The lowest BCUT2D eigenvalue weighted by Gasteiger charge is -2.40. The molecule has 3 atom stereocenters. The van der Waals surface area contributed by atoms with E-state index in [0.29, 0.717) is 43.0 Å². The quantitative estimate of drug-likeness (QED) is 0.112. The van der Waals surface area contributed by atoms with Crippen molar-refractivity contribution in [3.8, 4) is 16.9 Å². The normalized spacial score (nSPS) is 19.1. The van der Waals surface area contributed by atoms with E-state index in [4.69, 9.17) is 14.2 Å². The summed E-state index contributed by atoms with van der Waals surface area (Å²) in [4.78, 5) is 46.7. The van der Waals surface area contributed by atoms with Crippen LogP contribution in [0.15, 0.2) is 103 Å². The number of piperidine rings is 1. The van der Waals surface area contributed by atoms with Gasteiger partial charge < -0.3 is 38.6 Å². The number of likely N-dealkylation sites (tertiary alicyclic amines) is 1. The predicted octanol–water partition coefficient (Wildman–Crippen LogP) is 8.40. The fourth-order valence-electron chi connectivity index (χ4n) is 8.81. The van der Waals surface area contributed by atoms with Crippen LogP contribution >= 0.6 is 0 Å². The second kappa shape index (κ2) is 17.5. The first-order valence-corrected chi connectivity index (χ1v) is 21.2. The molecular weight excluding hydrogens is 757 g/mol. The Hall–Kier alpha value is -5.65. The molecule has 4 aromatic carbocycles. The number of aliphatic hydroxyl groups is 1. The molecule has 1 aromatic heterocycles. The number of methoxy groups -OCH3 is 1. The second-order valence-electron chi connectivity index (χ2n) is 17.3. The van der Waals surface area contributed by atoms with Crippen LogP contribution < -0.4 is 4.74 Å². The summed E-state index contributed by atoms with van der Waals surface area (Å²) in [5.74, 6) is -0.0285. The zero-order chi connectivity index (χ0) is 42.0. The van der Waals surface area contributed by atoms with Gasteiger partial charge in [-0.15, -0.1) is 0 Å². The Morgan fingerprint density at radius 3 is 2.38 bits per heavy atom. The molecule has 3 heterocycles. The number of rotatable bonds is 14. The smallest absolute Gasteiger partial charge is 0.410 e. The molecule has 5 aromatic rings. The summed E-state index contributed by atoms with van der Waals surface area (Å²) < 4.78 is 19.5. The van der Waals surface area contributed by atoms with Gasteiger partial charge in [0, 0.05) is 74.2 Å². The fourth-order valence-corrected chi connectivity index (χ4v) is 8.81. The van der Waals surface area contributed by atoms with E-state index in [0.717, 1.165) is 59.0 Å². The van der Waals surface area contributed by atoms with E-state index in [-0.39, 0.29) is 49.6 Å². The summed E-state index contributed by atoms with van der Waals surface area (Å²) in [7, 11) is 1.72. The molecule has 3 aliphatic rings.